The van der Waals surface area contributed by atoms with E-state index in [-0.39, 0.29) is 37.1 Å². The minimum absolute atomic E-state index is 0.00497. The molecule has 33 heavy (non-hydrogen) atoms. The Morgan fingerprint density at radius 3 is 2.70 bits per heavy atom. The average Bonchev–Trinajstić information content (AvgIpc) is 3.27. The zero-order valence-corrected chi connectivity index (χ0v) is 18.4. The molecule has 4 aromatic rings. The number of aromatic nitrogens is 1. The summed E-state index contributed by atoms with van der Waals surface area (Å²) < 4.78 is 1.11. The second-order valence-corrected chi connectivity index (χ2v) is 8.69. The van der Waals surface area contributed by atoms with Crippen LogP contribution in [0, 0.1) is 0 Å². The fourth-order valence-electron chi connectivity index (χ4n) is 3.76. The summed E-state index contributed by atoms with van der Waals surface area (Å²) >= 11 is 1.60. The molecule has 5 rings (SSSR count). The molecule has 1 aromatic heterocycles. The van der Waals surface area contributed by atoms with Crippen molar-refractivity contribution in [1.82, 2.24) is 4.98 Å². The van der Waals surface area contributed by atoms with Crippen LogP contribution in [0.25, 0.3) is 20.8 Å². The normalized spacial score (nSPS) is 12.8. The van der Waals surface area contributed by atoms with Gasteiger partial charge in [0.2, 0.25) is 17.7 Å². The summed E-state index contributed by atoms with van der Waals surface area (Å²) in [7, 11) is 0. The lowest BCUT2D eigenvalue weighted by Gasteiger charge is -2.29. The molecule has 0 atom stereocenters. The van der Waals surface area contributed by atoms with Crippen LogP contribution in [-0.4, -0.2) is 29.3 Å². The Morgan fingerprint density at radius 1 is 1.00 bits per heavy atom. The summed E-state index contributed by atoms with van der Waals surface area (Å²) in [4.78, 5) is 43.3. The topological polar surface area (TPSA) is 91.4 Å². The first-order valence-electron chi connectivity index (χ1n) is 10.5. The fraction of sp³-hybridized carbons (Fsp3) is 0.120. The summed E-state index contributed by atoms with van der Waals surface area (Å²) in [6, 6.07) is 22.6. The molecule has 1 aliphatic heterocycles. The maximum atomic E-state index is 12.7. The second kappa shape index (κ2) is 8.84. The summed E-state index contributed by atoms with van der Waals surface area (Å²) in [6.45, 7) is -0.0539. The molecule has 0 saturated carbocycles. The van der Waals surface area contributed by atoms with E-state index in [9.17, 15) is 14.4 Å². The van der Waals surface area contributed by atoms with Gasteiger partial charge in [0.25, 0.3) is 0 Å². The Kier molecular flexibility index (Phi) is 5.58. The number of nitrogens with one attached hydrogen (secondary N) is 2. The van der Waals surface area contributed by atoms with Crippen LogP contribution in [0.15, 0.2) is 72.8 Å². The molecule has 0 spiro atoms. The van der Waals surface area contributed by atoms with Crippen molar-refractivity contribution in [2.45, 2.75) is 12.8 Å². The van der Waals surface area contributed by atoms with E-state index in [4.69, 9.17) is 0 Å². The Morgan fingerprint density at radius 2 is 1.82 bits per heavy atom. The number of hydrogen-bond acceptors (Lipinski definition) is 5. The molecule has 3 aromatic carbocycles. The number of para-hydroxylation sites is 3. The lowest BCUT2D eigenvalue weighted by atomic mass is 10.1. The van der Waals surface area contributed by atoms with Gasteiger partial charge in [-0.1, -0.05) is 36.4 Å². The molecule has 0 bridgehead atoms. The van der Waals surface area contributed by atoms with Gasteiger partial charge in [-0.05, 0) is 36.4 Å². The highest BCUT2D eigenvalue weighted by Crippen LogP contribution is 2.32. The van der Waals surface area contributed by atoms with Crippen molar-refractivity contribution < 1.29 is 14.4 Å². The van der Waals surface area contributed by atoms with Crippen LogP contribution >= 0.6 is 11.3 Å². The molecule has 3 amide bonds. The highest BCUT2D eigenvalue weighted by atomic mass is 32.1. The number of carbonyl (C=O) groups excluding carboxylic acids is 3. The van der Waals surface area contributed by atoms with Gasteiger partial charge in [0.05, 0.1) is 21.6 Å². The highest BCUT2D eigenvalue weighted by Gasteiger charge is 2.26. The molecule has 7 nitrogen and oxygen atoms in total. The quantitative estimate of drug-likeness (QED) is 0.457. The first-order valence-corrected chi connectivity index (χ1v) is 11.3. The van der Waals surface area contributed by atoms with Crippen molar-refractivity contribution in [3.05, 3.63) is 72.8 Å². The smallest absolute Gasteiger partial charge is 0.244 e. The number of rotatable bonds is 5. The molecule has 0 unspecified atom stereocenters. The van der Waals surface area contributed by atoms with E-state index in [0.29, 0.717) is 17.1 Å². The van der Waals surface area contributed by atoms with Crippen molar-refractivity contribution in [3.8, 4) is 10.6 Å². The molecular weight excluding hydrogens is 436 g/mol. The van der Waals surface area contributed by atoms with E-state index in [1.54, 1.807) is 29.5 Å². The van der Waals surface area contributed by atoms with Crippen LogP contribution in [0.5, 0.6) is 0 Å². The maximum Gasteiger partial charge on any atom is 0.244 e. The second-order valence-electron chi connectivity index (χ2n) is 7.66. The van der Waals surface area contributed by atoms with Gasteiger partial charge in [-0.15, -0.1) is 11.3 Å². The van der Waals surface area contributed by atoms with Gasteiger partial charge in [0.15, 0.2) is 0 Å². The van der Waals surface area contributed by atoms with Gasteiger partial charge in [-0.2, -0.15) is 0 Å². The zero-order chi connectivity index (χ0) is 22.8. The van der Waals surface area contributed by atoms with E-state index in [1.165, 1.54) is 4.90 Å². The third-order valence-corrected chi connectivity index (χ3v) is 6.41. The van der Waals surface area contributed by atoms with Gasteiger partial charge in [-0.3, -0.25) is 14.4 Å². The molecule has 0 saturated heterocycles. The molecule has 8 heteroatoms. The number of hydrogen-bond donors (Lipinski definition) is 2. The average molecular weight is 457 g/mol. The Bertz CT molecular complexity index is 1350. The van der Waals surface area contributed by atoms with Crippen LogP contribution in [-0.2, 0) is 14.4 Å². The van der Waals surface area contributed by atoms with Crippen LogP contribution in [0.4, 0.5) is 17.1 Å². The lowest BCUT2D eigenvalue weighted by Crippen LogP contribution is -2.42. The third kappa shape index (κ3) is 4.47. The van der Waals surface area contributed by atoms with Gasteiger partial charge in [0, 0.05) is 24.1 Å². The summed E-state index contributed by atoms with van der Waals surface area (Å²) in [6.07, 6.45) is 0.0233. The van der Waals surface area contributed by atoms with Crippen molar-refractivity contribution in [3.63, 3.8) is 0 Å². The van der Waals surface area contributed by atoms with E-state index < -0.39 is 0 Å². The number of thiazole rings is 1. The SMILES string of the molecule is O=C(CCC(=O)N1CC(=O)Nc2ccccc21)Nc1cccc(-c2nc3ccccc3s2)c1. The van der Waals surface area contributed by atoms with Crippen LogP contribution < -0.4 is 15.5 Å². The Hall–Kier alpha value is -4.04. The molecule has 0 aliphatic carbocycles. The summed E-state index contributed by atoms with van der Waals surface area (Å²) in [5.74, 6) is -0.784. The number of fused-ring (bicyclic) bond motifs is 2. The monoisotopic (exact) mass is 456 g/mol. The molecular formula is C25H20N4O3S. The fourth-order valence-corrected chi connectivity index (χ4v) is 4.72. The number of nitrogens with zero attached hydrogens (tertiary/aromatic N) is 2. The van der Waals surface area contributed by atoms with E-state index in [1.807, 2.05) is 54.6 Å². The first-order chi connectivity index (χ1) is 16.1. The molecule has 164 valence electrons. The Balaban J connectivity index is 1.23. The van der Waals surface area contributed by atoms with Gasteiger partial charge in [0.1, 0.15) is 11.6 Å². The molecule has 0 fully saturated rings. The predicted octanol–water partition coefficient (Wildman–Crippen LogP) is 4.67. The van der Waals surface area contributed by atoms with Crippen molar-refractivity contribution in [2.75, 3.05) is 22.1 Å². The maximum absolute atomic E-state index is 12.7. The number of benzene rings is 3. The van der Waals surface area contributed by atoms with E-state index >= 15 is 0 Å². The molecule has 2 heterocycles. The molecule has 2 N–H and O–H groups in total. The molecule has 1 aliphatic rings. The van der Waals surface area contributed by atoms with Crippen LogP contribution in [0.2, 0.25) is 0 Å². The standard InChI is InChI=1S/C25H20N4O3S/c30-22(12-13-24(32)29-15-23(31)27-18-8-1-3-10-20(18)29)26-17-7-5-6-16(14-17)25-28-19-9-2-4-11-21(19)33-25/h1-11,14H,12-13,15H2,(H,26,30)(H,27,31). The largest absolute Gasteiger partial charge is 0.326 e. The van der Waals surface area contributed by atoms with Crippen LogP contribution in [0.3, 0.4) is 0 Å². The lowest BCUT2D eigenvalue weighted by molar-refractivity contribution is -0.124. The predicted molar refractivity (Wildman–Crippen MR) is 130 cm³/mol. The van der Waals surface area contributed by atoms with Crippen molar-refractivity contribution in [1.29, 1.82) is 0 Å². The summed E-state index contributed by atoms with van der Waals surface area (Å²) in [5, 5.41) is 6.49. The minimum atomic E-state index is -0.268. The van der Waals surface area contributed by atoms with E-state index in [2.05, 4.69) is 15.6 Å². The Labute approximate surface area is 194 Å². The van der Waals surface area contributed by atoms with Gasteiger partial charge < -0.3 is 15.5 Å². The van der Waals surface area contributed by atoms with E-state index in [0.717, 1.165) is 20.8 Å². The van der Waals surface area contributed by atoms with Gasteiger partial charge in [-0.25, -0.2) is 4.98 Å². The van der Waals surface area contributed by atoms with Crippen LogP contribution in [0.1, 0.15) is 12.8 Å². The molecule has 0 radical (unpaired) electrons. The summed E-state index contributed by atoms with van der Waals surface area (Å²) in [5.41, 5.74) is 3.75. The van der Waals surface area contributed by atoms with Crippen molar-refractivity contribution in [2.24, 2.45) is 0 Å². The third-order valence-electron chi connectivity index (χ3n) is 5.32. The zero-order valence-electron chi connectivity index (χ0n) is 17.6. The minimum Gasteiger partial charge on any atom is -0.326 e. The number of amides is 3. The van der Waals surface area contributed by atoms with Crippen molar-refractivity contribution >= 4 is 56.3 Å². The number of carbonyl (C=O) groups is 3. The number of anilines is 3. The van der Waals surface area contributed by atoms with Gasteiger partial charge >= 0.3 is 0 Å². The highest BCUT2D eigenvalue weighted by molar-refractivity contribution is 7.21. The first kappa shape index (κ1) is 20.8.